The van der Waals surface area contributed by atoms with E-state index in [0.29, 0.717) is 6.54 Å². The zero-order chi connectivity index (χ0) is 16.2. The number of nitrogens with zero attached hydrogens (tertiary/aromatic N) is 1. The van der Waals surface area contributed by atoms with Gasteiger partial charge in [0.15, 0.2) is 0 Å². The number of hydrogen-bond donors (Lipinski definition) is 0. The Balaban J connectivity index is 3.32. The van der Waals surface area contributed by atoms with Crippen LogP contribution >= 0.6 is 15.9 Å². The fourth-order valence-corrected chi connectivity index (χ4v) is 5.26. The summed E-state index contributed by atoms with van der Waals surface area (Å²) < 4.78 is 40.9. The molecule has 1 aromatic rings. The van der Waals surface area contributed by atoms with Gasteiger partial charge in [0, 0.05) is 17.1 Å². The lowest BCUT2D eigenvalue weighted by molar-refractivity contribution is 0.276. The molecular weight excluding hydrogens is 357 g/mol. The average molecular weight is 380 g/mol. The summed E-state index contributed by atoms with van der Waals surface area (Å²) >= 11 is 3.16. The molecule has 0 unspecified atom stereocenters. The minimum atomic E-state index is -3.65. The Labute approximate surface area is 135 Å². The third-order valence-electron chi connectivity index (χ3n) is 3.38. The fraction of sp³-hybridized carbons (Fsp3) is 0.600. The number of sulfonamides is 1. The van der Waals surface area contributed by atoms with Crippen LogP contribution in [0.1, 0.15) is 40.5 Å². The van der Waals surface area contributed by atoms with Gasteiger partial charge in [0.05, 0.1) is 4.90 Å². The van der Waals surface area contributed by atoms with Crippen molar-refractivity contribution in [2.45, 2.75) is 51.5 Å². The Kier molecular flexibility index (Phi) is 6.81. The van der Waals surface area contributed by atoms with Gasteiger partial charge in [-0.05, 0) is 52.9 Å². The Morgan fingerprint density at radius 1 is 1.24 bits per heavy atom. The normalized spacial score (nSPS) is 12.6. The van der Waals surface area contributed by atoms with Crippen LogP contribution in [-0.4, -0.2) is 25.3 Å². The third-order valence-corrected chi connectivity index (χ3v) is 6.27. The molecule has 0 aliphatic rings. The van der Waals surface area contributed by atoms with Gasteiger partial charge in [-0.25, -0.2) is 12.8 Å². The number of rotatable bonds is 7. The molecule has 0 radical (unpaired) electrons. The molecule has 0 heterocycles. The predicted octanol–water partition coefficient (Wildman–Crippen LogP) is 4.42. The van der Waals surface area contributed by atoms with Gasteiger partial charge in [0.2, 0.25) is 10.0 Å². The van der Waals surface area contributed by atoms with Crippen LogP contribution < -0.4 is 0 Å². The van der Waals surface area contributed by atoms with Gasteiger partial charge in [-0.1, -0.05) is 27.7 Å². The SMILES string of the molecule is CCC(CC)N(CC(C)C)S(=O)(=O)c1ccc(F)cc1Br. The minimum Gasteiger partial charge on any atom is -0.207 e. The molecule has 1 aromatic carbocycles. The highest BCUT2D eigenvalue weighted by Gasteiger charge is 2.31. The van der Waals surface area contributed by atoms with Gasteiger partial charge in [-0.3, -0.25) is 0 Å². The average Bonchev–Trinajstić information content (AvgIpc) is 2.38. The molecule has 3 nitrogen and oxygen atoms in total. The first-order valence-electron chi connectivity index (χ1n) is 7.20. The van der Waals surface area contributed by atoms with Crippen molar-refractivity contribution >= 4 is 26.0 Å². The first-order valence-corrected chi connectivity index (χ1v) is 9.44. The van der Waals surface area contributed by atoms with Gasteiger partial charge >= 0.3 is 0 Å². The molecule has 0 aromatic heterocycles. The highest BCUT2D eigenvalue weighted by Crippen LogP contribution is 2.29. The molecule has 0 amide bonds. The molecule has 0 aliphatic heterocycles. The van der Waals surface area contributed by atoms with Crippen LogP contribution in [0.25, 0.3) is 0 Å². The summed E-state index contributed by atoms with van der Waals surface area (Å²) in [4.78, 5) is 0.122. The maximum Gasteiger partial charge on any atom is 0.244 e. The molecule has 21 heavy (non-hydrogen) atoms. The topological polar surface area (TPSA) is 37.4 Å². The van der Waals surface area contributed by atoms with Crippen LogP contribution in [0.5, 0.6) is 0 Å². The summed E-state index contributed by atoms with van der Waals surface area (Å²) in [5.41, 5.74) is 0. The van der Waals surface area contributed by atoms with Crippen LogP contribution in [-0.2, 0) is 10.0 Å². The van der Waals surface area contributed by atoms with E-state index in [4.69, 9.17) is 0 Å². The number of halogens is 2. The molecule has 0 fully saturated rings. The summed E-state index contributed by atoms with van der Waals surface area (Å²) in [7, 11) is -3.65. The van der Waals surface area contributed by atoms with Crippen molar-refractivity contribution in [3.05, 3.63) is 28.5 Å². The van der Waals surface area contributed by atoms with Crippen molar-refractivity contribution in [1.82, 2.24) is 4.31 Å². The monoisotopic (exact) mass is 379 g/mol. The minimum absolute atomic E-state index is 0.0469. The van der Waals surface area contributed by atoms with Gasteiger partial charge < -0.3 is 0 Å². The molecule has 6 heteroatoms. The van der Waals surface area contributed by atoms with Gasteiger partial charge in [0.25, 0.3) is 0 Å². The summed E-state index contributed by atoms with van der Waals surface area (Å²) in [5.74, 6) is -0.238. The summed E-state index contributed by atoms with van der Waals surface area (Å²) in [6, 6.07) is 3.64. The maximum atomic E-state index is 13.2. The second-order valence-corrected chi connectivity index (χ2v) is 8.23. The molecule has 0 atom stereocenters. The first kappa shape index (κ1) is 18.6. The van der Waals surface area contributed by atoms with Gasteiger partial charge in [0.1, 0.15) is 5.82 Å². The fourth-order valence-electron chi connectivity index (χ4n) is 2.31. The van der Waals surface area contributed by atoms with E-state index in [1.807, 2.05) is 27.7 Å². The molecule has 0 N–H and O–H groups in total. The smallest absolute Gasteiger partial charge is 0.207 e. The van der Waals surface area contributed by atoms with E-state index >= 15 is 0 Å². The largest absolute Gasteiger partial charge is 0.244 e. The van der Waals surface area contributed by atoms with E-state index in [-0.39, 0.29) is 21.3 Å². The molecule has 0 saturated heterocycles. The maximum absolute atomic E-state index is 13.2. The van der Waals surface area contributed by atoms with Crippen LogP contribution in [0, 0.1) is 11.7 Å². The number of benzene rings is 1. The highest BCUT2D eigenvalue weighted by atomic mass is 79.9. The van der Waals surface area contributed by atoms with Gasteiger partial charge in [-0.15, -0.1) is 0 Å². The van der Waals surface area contributed by atoms with Crippen LogP contribution in [0.2, 0.25) is 0 Å². The van der Waals surface area contributed by atoms with Crippen molar-refractivity contribution < 1.29 is 12.8 Å². The van der Waals surface area contributed by atoms with Crippen molar-refractivity contribution in [1.29, 1.82) is 0 Å². The lowest BCUT2D eigenvalue weighted by atomic mass is 10.1. The lowest BCUT2D eigenvalue weighted by Gasteiger charge is -2.31. The lowest BCUT2D eigenvalue weighted by Crippen LogP contribution is -2.42. The van der Waals surface area contributed by atoms with E-state index in [0.717, 1.165) is 12.8 Å². The third kappa shape index (κ3) is 4.50. The summed E-state index contributed by atoms with van der Waals surface area (Å²) in [6.07, 6.45) is 1.50. The molecular formula is C15H23BrFNO2S. The Bertz CT molecular complexity index is 571. The standard InChI is InChI=1S/C15H23BrFNO2S/c1-5-13(6-2)18(10-11(3)4)21(19,20)15-8-7-12(17)9-14(15)16/h7-9,11,13H,5-6,10H2,1-4H3. The molecule has 0 spiro atoms. The Morgan fingerprint density at radius 2 is 1.81 bits per heavy atom. The van der Waals surface area contributed by atoms with E-state index in [9.17, 15) is 12.8 Å². The molecule has 0 saturated carbocycles. The zero-order valence-corrected chi connectivity index (χ0v) is 15.3. The van der Waals surface area contributed by atoms with E-state index in [2.05, 4.69) is 15.9 Å². The molecule has 1 rings (SSSR count). The molecule has 120 valence electrons. The van der Waals surface area contributed by atoms with Crippen molar-refractivity contribution in [3.8, 4) is 0 Å². The summed E-state index contributed by atoms with van der Waals surface area (Å²) in [6.45, 7) is 8.40. The van der Waals surface area contributed by atoms with Crippen molar-refractivity contribution in [2.75, 3.05) is 6.54 Å². The van der Waals surface area contributed by atoms with Crippen LogP contribution in [0.3, 0.4) is 0 Å². The Hall–Kier alpha value is -0.460. The Morgan fingerprint density at radius 3 is 2.24 bits per heavy atom. The predicted molar refractivity (Wildman–Crippen MR) is 87.2 cm³/mol. The quantitative estimate of drug-likeness (QED) is 0.702. The molecule has 0 aliphatic carbocycles. The van der Waals surface area contributed by atoms with Gasteiger partial charge in [-0.2, -0.15) is 4.31 Å². The number of hydrogen-bond acceptors (Lipinski definition) is 2. The van der Waals surface area contributed by atoms with Crippen molar-refractivity contribution in [3.63, 3.8) is 0 Å². The zero-order valence-electron chi connectivity index (χ0n) is 12.9. The van der Waals surface area contributed by atoms with Crippen LogP contribution in [0.15, 0.2) is 27.6 Å². The van der Waals surface area contributed by atoms with E-state index < -0.39 is 15.8 Å². The van der Waals surface area contributed by atoms with E-state index in [1.165, 1.54) is 18.2 Å². The molecule has 0 bridgehead atoms. The van der Waals surface area contributed by atoms with E-state index in [1.54, 1.807) is 4.31 Å². The second kappa shape index (κ2) is 7.70. The van der Waals surface area contributed by atoms with Crippen LogP contribution in [0.4, 0.5) is 4.39 Å². The first-order chi connectivity index (χ1) is 9.73. The summed E-state index contributed by atoms with van der Waals surface area (Å²) in [5, 5.41) is 0. The van der Waals surface area contributed by atoms with Crippen molar-refractivity contribution in [2.24, 2.45) is 5.92 Å². The second-order valence-electron chi connectivity index (χ2n) is 5.51. The highest BCUT2D eigenvalue weighted by molar-refractivity contribution is 9.10.